The Morgan fingerprint density at radius 3 is 2.88 bits per heavy atom. The van der Waals surface area contributed by atoms with Crippen molar-refractivity contribution in [3.8, 4) is 0 Å². The SMILES string of the molecule is C=C(O)CSC/C=C/COCCC1=C(C)CC(c2ccccc2)=N1. The maximum Gasteiger partial charge on any atom is 0.0950 e. The zero-order valence-electron chi connectivity index (χ0n) is 14.2. The van der Waals surface area contributed by atoms with Crippen LogP contribution in [0.1, 0.15) is 25.3 Å². The van der Waals surface area contributed by atoms with Crippen molar-refractivity contribution in [2.75, 3.05) is 24.7 Å². The van der Waals surface area contributed by atoms with E-state index in [2.05, 4.69) is 43.8 Å². The number of aliphatic hydroxyl groups is 1. The van der Waals surface area contributed by atoms with E-state index in [0.29, 0.717) is 19.0 Å². The maximum absolute atomic E-state index is 8.96. The molecule has 1 N–H and O–H groups in total. The number of ether oxygens (including phenoxy) is 1. The number of aliphatic hydroxyl groups excluding tert-OH is 1. The second kappa shape index (κ2) is 10.2. The molecule has 1 heterocycles. The molecule has 128 valence electrons. The van der Waals surface area contributed by atoms with Crippen LogP contribution in [0.4, 0.5) is 0 Å². The molecule has 24 heavy (non-hydrogen) atoms. The van der Waals surface area contributed by atoms with Gasteiger partial charge in [-0.2, -0.15) is 0 Å². The summed E-state index contributed by atoms with van der Waals surface area (Å²) in [6.07, 6.45) is 5.86. The minimum Gasteiger partial charge on any atom is -0.512 e. The lowest BCUT2D eigenvalue weighted by atomic mass is 10.0. The van der Waals surface area contributed by atoms with E-state index in [9.17, 15) is 0 Å². The third-order valence-electron chi connectivity index (χ3n) is 3.65. The van der Waals surface area contributed by atoms with Crippen LogP contribution >= 0.6 is 11.8 Å². The molecule has 0 radical (unpaired) electrons. The van der Waals surface area contributed by atoms with Crippen LogP contribution in [0.25, 0.3) is 0 Å². The van der Waals surface area contributed by atoms with Gasteiger partial charge in [-0.15, -0.1) is 11.8 Å². The average Bonchev–Trinajstić information content (AvgIpc) is 2.95. The first kappa shape index (κ1) is 18.6. The van der Waals surface area contributed by atoms with Gasteiger partial charge in [-0.05, 0) is 18.1 Å². The third kappa shape index (κ3) is 6.38. The predicted molar refractivity (Wildman–Crippen MR) is 104 cm³/mol. The van der Waals surface area contributed by atoms with Gasteiger partial charge < -0.3 is 9.84 Å². The summed E-state index contributed by atoms with van der Waals surface area (Å²) in [5, 5.41) is 8.96. The van der Waals surface area contributed by atoms with Gasteiger partial charge in [0.25, 0.3) is 0 Å². The lowest BCUT2D eigenvalue weighted by molar-refractivity contribution is 0.165. The highest BCUT2D eigenvalue weighted by Crippen LogP contribution is 2.25. The Bertz CT molecular complexity index is 632. The summed E-state index contributed by atoms with van der Waals surface area (Å²) in [6, 6.07) is 10.4. The summed E-state index contributed by atoms with van der Waals surface area (Å²) >= 11 is 1.63. The largest absolute Gasteiger partial charge is 0.512 e. The molecule has 0 unspecified atom stereocenters. The van der Waals surface area contributed by atoms with Crippen LogP contribution in [0.3, 0.4) is 0 Å². The van der Waals surface area contributed by atoms with Crippen molar-refractivity contribution in [2.45, 2.75) is 19.8 Å². The van der Waals surface area contributed by atoms with Crippen molar-refractivity contribution in [1.29, 1.82) is 0 Å². The highest BCUT2D eigenvalue weighted by atomic mass is 32.2. The van der Waals surface area contributed by atoms with Gasteiger partial charge in [-0.3, -0.25) is 4.99 Å². The Labute approximate surface area is 148 Å². The van der Waals surface area contributed by atoms with E-state index < -0.39 is 0 Å². The first-order valence-corrected chi connectivity index (χ1v) is 9.31. The number of thioether (sulfide) groups is 1. The molecule has 0 bridgehead atoms. The number of benzene rings is 1. The van der Waals surface area contributed by atoms with Gasteiger partial charge >= 0.3 is 0 Å². The lowest BCUT2D eigenvalue weighted by Gasteiger charge is -2.02. The van der Waals surface area contributed by atoms with Crippen LogP contribution in [0.5, 0.6) is 0 Å². The lowest BCUT2D eigenvalue weighted by Crippen LogP contribution is -1.96. The van der Waals surface area contributed by atoms with E-state index in [1.807, 2.05) is 12.1 Å². The normalized spacial score (nSPS) is 14.5. The van der Waals surface area contributed by atoms with Gasteiger partial charge in [-0.25, -0.2) is 0 Å². The van der Waals surface area contributed by atoms with Gasteiger partial charge in [0, 0.05) is 24.3 Å². The van der Waals surface area contributed by atoms with Crippen LogP contribution in [-0.4, -0.2) is 35.5 Å². The van der Waals surface area contributed by atoms with Crippen LogP contribution in [0, 0.1) is 0 Å². The first-order chi connectivity index (χ1) is 11.7. The molecule has 0 saturated heterocycles. The minimum atomic E-state index is 0.222. The van der Waals surface area contributed by atoms with Crippen molar-refractivity contribution in [3.05, 3.63) is 71.7 Å². The second-order valence-corrected chi connectivity index (χ2v) is 6.74. The Kier molecular flexibility index (Phi) is 7.86. The molecule has 0 saturated carbocycles. The van der Waals surface area contributed by atoms with E-state index in [-0.39, 0.29) is 5.76 Å². The summed E-state index contributed by atoms with van der Waals surface area (Å²) in [6.45, 7) is 6.90. The quantitative estimate of drug-likeness (QED) is 0.372. The molecule has 0 fully saturated rings. The van der Waals surface area contributed by atoms with Gasteiger partial charge in [0.1, 0.15) is 0 Å². The van der Waals surface area contributed by atoms with Crippen molar-refractivity contribution < 1.29 is 9.84 Å². The summed E-state index contributed by atoms with van der Waals surface area (Å²) in [4.78, 5) is 4.78. The zero-order valence-corrected chi connectivity index (χ0v) is 15.0. The van der Waals surface area contributed by atoms with Gasteiger partial charge in [0.15, 0.2) is 0 Å². The van der Waals surface area contributed by atoms with Crippen LogP contribution in [0.2, 0.25) is 0 Å². The minimum absolute atomic E-state index is 0.222. The highest BCUT2D eigenvalue weighted by molar-refractivity contribution is 7.99. The fourth-order valence-electron chi connectivity index (χ4n) is 2.42. The van der Waals surface area contributed by atoms with E-state index in [0.717, 1.165) is 30.0 Å². The molecule has 0 spiro atoms. The van der Waals surface area contributed by atoms with Crippen molar-refractivity contribution in [3.63, 3.8) is 0 Å². The van der Waals surface area contributed by atoms with E-state index >= 15 is 0 Å². The number of allylic oxidation sites excluding steroid dienone is 1. The third-order valence-corrected chi connectivity index (χ3v) is 4.61. The first-order valence-electron chi connectivity index (χ1n) is 8.15. The topological polar surface area (TPSA) is 41.8 Å². The predicted octanol–water partition coefficient (Wildman–Crippen LogP) is 4.92. The summed E-state index contributed by atoms with van der Waals surface area (Å²) < 4.78 is 5.65. The molecule has 3 nitrogen and oxygen atoms in total. The van der Waals surface area contributed by atoms with Crippen LogP contribution in [-0.2, 0) is 4.74 Å². The molecular formula is C20H25NO2S. The second-order valence-electron chi connectivity index (χ2n) is 5.71. The Morgan fingerprint density at radius 1 is 1.33 bits per heavy atom. The fraction of sp³-hybridized carbons (Fsp3) is 0.350. The maximum atomic E-state index is 8.96. The highest BCUT2D eigenvalue weighted by Gasteiger charge is 2.15. The monoisotopic (exact) mass is 343 g/mol. The molecule has 0 aromatic heterocycles. The number of rotatable bonds is 10. The molecule has 0 atom stereocenters. The molecule has 1 aliphatic rings. The van der Waals surface area contributed by atoms with Gasteiger partial charge in [-0.1, -0.05) is 49.1 Å². The molecule has 4 heteroatoms. The zero-order chi connectivity index (χ0) is 17.2. The molecule has 0 amide bonds. The fourth-order valence-corrected chi connectivity index (χ4v) is 3.04. The number of hydrogen-bond acceptors (Lipinski definition) is 4. The summed E-state index contributed by atoms with van der Waals surface area (Å²) in [7, 11) is 0. The smallest absolute Gasteiger partial charge is 0.0950 e. The Morgan fingerprint density at radius 2 is 2.12 bits per heavy atom. The number of hydrogen-bond donors (Lipinski definition) is 1. The average molecular weight is 343 g/mol. The van der Waals surface area contributed by atoms with Crippen LogP contribution in [0.15, 0.2) is 71.1 Å². The van der Waals surface area contributed by atoms with Gasteiger partial charge in [0.05, 0.1) is 30.4 Å². The van der Waals surface area contributed by atoms with Crippen molar-refractivity contribution in [2.24, 2.45) is 4.99 Å². The molecule has 2 rings (SSSR count). The molecular weight excluding hydrogens is 318 g/mol. The number of nitrogens with zero attached hydrogens (tertiary/aromatic N) is 1. The van der Waals surface area contributed by atoms with Gasteiger partial charge in [0.2, 0.25) is 0 Å². The Balaban J connectivity index is 1.65. The summed E-state index contributed by atoms with van der Waals surface area (Å²) in [5.74, 6) is 1.67. The van der Waals surface area contributed by atoms with E-state index in [4.69, 9.17) is 14.8 Å². The molecule has 1 aliphatic heterocycles. The molecule has 1 aromatic carbocycles. The molecule has 0 aliphatic carbocycles. The van der Waals surface area contributed by atoms with Crippen molar-refractivity contribution in [1.82, 2.24) is 0 Å². The standard InChI is InChI=1S/C20H25NO2S/c1-16-14-20(18-8-4-3-5-9-18)21-19(16)10-12-23-11-6-7-13-24-15-17(2)22/h3-9,22H,2,10-15H2,1H3/b7-6+. The van der Waals surface area contributed by atoms with E-state index in [1.165, 1.54) is 11.1 Å². The number of aliphatic imine (C=N–C) groups is 1. The van der Waals surface area contributed by atoms with Crippen LogP contribution < -0.4 is 0 Å². The summed E-state index contributed by atoms with van der Waals surface area (Å²) in [5.41, 5.74) is 4.87. The van der Waals surface area contributed by atoms with Crippen molar-refractivity contribution >= 4 is 17.5 Å². The van der Waals surface area contributed by atoms with E-state index in [1.54, 1.807) is 11.8 Å². The molecule has 1 aromatic rings. The Hall–Kier alpha value is -1.78.